The quantitative estimate of drug-likeness (QED) is 0.0931. The highest BCUT2D eigenvalue weighted by Gasteiger charge is 2.44. The van der Waals surface area contributed by atoms with Crippen LogP contribution in [0, 0.1) is 35.5 Å². The largest absolute Gasteiger partial charge is 0.481 e. The number of likely N-dealkylation sites (N-methyl/N-ethyl adjacent to an activating group) is 2. The second kappa shape index (κ2) is 25.0. The molecule has 1 unspecified atom stereocenters. The summed E-state index contributed by atoms with van der Waals surface area (Å²) in [7, 11) is 4.10. The van der Waals surface area contributed by atoms with Crippen molar-refractivity contribution in [3.05, 3.63) is 35.9 Å². The molecule has 13 nitrogen and oxygen atoms in total. The Morgan fingerprint density at radius 1 is 0.869 bits per heavy atom. The lowest BCUT2D eigenvalue weighted by atomic mass is 9.83. The Bertz CT molecular complexity index is 1580. The molecule has 1 saturated heterocycles. The standard InChI is InChI=1S/C47H79N3O10Si/c1-14-32(6)44(49(9)46(55)36(30(2)3)28-39(52)43(31(4)5)48(8)41(53)23-19-25-61(12,13)58)40(59-10)29-42(54)50-24-18-22-37(50)45(60-11)33(7)38(51)27-35(47(56)57)26-34-20-16-15-17-21-34/h15-17,20-21,30-33,35-37,40,43-45,58H,14,18-19,22-29H2,1-13H3,(H,56,57)/t32-,33-,35+,36-,37-,40+,43-,44?,45+/m0/s1. The summed E-state index contributed by atoms with van der Waals surface area (Å²) in [5, 5.41) is 9.98. The summed E-state index contributed by atoms with van der Waals surface area (Å²) >= 11 is 0. The fraction of sp³-hybridized carbons (Fsp3) is 0.745. The molecule has 1 fully saturated rings. The third kappa shape index (κ3) is 15.7. The maximum atomic E-state index is 14.6. The van der Waals surface area contributed by atoms with Gasteiger partial charge in [0.2, 0.25) is 17.7 Å². The summed E-state index contributed by atoms with van der Waals surface area (Å²) in [4.78, 5) is 97.2. The van der Waals surface area contributed by atoms with Gasteiger partial charge in [0.25, 0.3) is 0 Å². The zero-order valence-corrected chi connectivity index (χ0v) is 40.5. The molecular weight excluding hydrogens is 795 g/mol. The number of amides is 3. The van der Waals surface area contributed by atoms with Gasteiger partial charge in [-0.1, -0.05) is 85.2 Å². The summed E-state index contributed by atoms with van der Waals surface area (Å²) in [5.41, 5.74) is 0.836. The first-order chi connectivity index (χ1) is 28.5. The molecule has 1 heterocycles. The number of ether oxygens (including phenoxy) is 2. The van der Waals surface area contributed by atoms with Crippen LogP contribution in [-0.4, -0.2) is 133 Å². The van der Waals surface area contributed by atoms with Crippen molar-refractivity contribution >= 4 is 43.6 Å². The molecule has 3 amide bonds. The number of carbonyl (C=O) groups excluding carboxylic acids is 5. The number of rotatable bonds is 27. The molecule has 1 aliphatic heterocycles. The van der Waals surface area contributed by atoms with E-state index in [0.29, 0.717) is 38.3 Å². The summed E-state index contributed by atoms with van der Waals surface area (Å²) in [6.45, 7) is 17.5. The molecule has 0 spiro atoms. The van der Waals surface area contributed by atoms with Gasteiger partial charge in [-0.25, -0.2) is 0 Å². The maximum absolute atomic E-state index is 14.6. The van der Waals surface area contributed by atoms with Crippen molar-refractivity contribution in [1.29, 1.82) is 0 Å². The number of aliphatic carboxylic acids is 1. The molecular formula is C47H79N3O10Si. The van der Waals surface area contributed by atoms with E-state index in [-0.39, 0.29) is 79.1 Å². The van der Waals surface area contributed by atoms with Crippen molar-refractivity contribution in [3.63, 3.8) is 0 Å². The van der Waals surface area contributed by atoms with Crippen molar-refractivity contribution in [3.8, 4) is 0 Å². The molecule has 0 saturated carbocycles. The number of nitrogens with zero attached hydrogens (tertiary/aromatic N) is 3. The van der Waals surface area contributed by atoms with Crippen LogP contribution in [0.4, 0.5) is 0 Å². The molecule has 0 bridgehead atoms. The lowest BCUT2D eigenvalue weighted by molar-refractivity contribution is -0.150. The summed E-state index contributed by atoms with van der Waals surface area (Å²) < 4.78 is 12.0. The number of carboxylic acid groups (broad SMARTS) is 1. The Balaban J connectivity index is 2.28. The van der Waals surface area contributed by atoms with Gasteiger partial charge >= 0.3 is 5.97 Å². The van der Waals surface area contributed by atoms with Crippen LogP contribution >= 0.6 is 0 Å². The first-order valence-electron chi connectivity index (χ1n) is 22.4. The van der Waals surface area contributed by atoms with Gasteiger partial charge in [0.15, 0.2) is 14.1 Å². The van der Waals surface area contributed by atoms with E-state index in [4.69, 9.17) is 9.47 Å². The first kappa shape index (κ1) is 53.7. The maximum Gasteiger partial charge on any atom is 0.307 e. The van der Waals surface area contributed by atoms with Crippen molar-refractivity contribution < 1.29 is 48.1 Å². The van der Waals surface area contributed by atoms with Gasteiger partial charge in [-0.15, -0.1) is 0 Å². The minimum atomic E-state index is -2.31. The highest BCUT2D eigenvalue weighted by atomic mass is 28.4. The van der Waals surface area contributed by atoms with Crippen molar-refractivity contribution in [2.24, 2.45) is 35.5 Å². The second-order valence-corrected chi connectivity index (χ2v) is 23.0. The Hall–Kier alpha value is -3.46. The molecule has 0 radical (unpaired) electrons. The summed E-state index contributed by atoms with van der Waals surface area (Å²) in [6.07, 6.45) is 1.45. The zero-order chi connectivity index (χ0) is 46.4. The van der Waals surface area contributed by atoms with Gasteiger partial charge < -0.3 is 34.1 Å². The number of Topliss-reactive ketones (excluding diaryl/α,β-unsaturated/α-hetero) is 2. The van der Waals surface area contributed by atoms with Crippen LogP contribution in [0.25, 0.3) is 0 Å². The van der Waals surface area contributed by atoms with E-state index in [1.54, 1.807) is 30.8 Å². The number of hydrogen-bond acceptors (Lipinski definition) is 9. The van der Waals surface area contributed by atoms with Crippen LogP contribution in [0.2, 0.25) is 19.1 Å². The Morgan fingerprint density at radius 3 is 2.00 bits per heavy atom. The molecule has 346 valence electrons. The van der Waals surface area contributed by atoms with Crippen molar-refractivity contribution in [2.45, 2.75) is 156 Å². The molecule has 1 aromatic carbocycles. The average molecular weight is 874 g/mol. The van der Waals surface area contributed by atoms with Gasteiger partial charge in [0.05, 0.1) is 42.7 Å². The van der Waals surface area contributed by atoms with Crippen molar-refractivity contribution in [1.82, 2.24) is 14.7 Å². The summed E-state index contributed by atoms with van der Waals surface area (Å²) in [5.74, 6) is -4.74. The minimum absolute atomic E-state index is 0.0277. The fourth-order valence-electron chi connectivity index (χ4n) is 9.16. The molecule has 2 N–H and O–H groups in total. The van der Waals surface area contributed by atoms with E-state index in [1.165, 1.54) is 19.1 Å². The SMILES string of the molecule is CC[C@H](C)C([C@@H](CC(=O)N1CCC[C@H]1[C@H](OC)[C@@H](C)C(=O)C[C@@H](Cc1ccccc1)C(=O)O)OC)N(C)C(=O)[C@@H](CC(=O)[C@H](C(C)C)N(C)C(=O)CCC[Si](C)(C)O)C(C)C. The molecule has 2 rings (SSSR count). The normalized spacial score (nSPS) is 18.5. The van der Waals surface area contributed by atoms with Gasteiger partial charge in [-0.05, 0) is 68.1 Å². The van der Waals surface area contributed by atoms with Crippen LogP contribution in [0.1, 0.15) is 105 Å². The molecule has 14 heteroatoms. The van der Waals surface area contributed by atoms with Gasteiger partial charge in [-0.3, -0.25) is 28.8 Å². The van der Waals surface area contributed by atoms with Crippen LogP contribution in [-0.2, 0) is 44.7 Å². The van der Waals surface area contributed by atoms with E-state index >= 15 is 0 Å². The third-order valence-corrected chi connectivity index (χ3v) is 14.5. The Kier molecular flexibility index (Phi) is 22.0. The Morgan fingerprint density at radius 2 is 1.49 bits per heavy atom. The topological polar surface area (TPSA) is 171 Å². The summed E-state index contributed by atoms with van der Waals surface area (Å²) in [6, 6.07) is 8.18. The molecule has 9 atom stereocenters. The molecule has 1 aromatic rings. The highest BCUT2D eigenvalue weighted by Crippen LogP contribution is 2.32. The Labute approximate surface area is 367 Å². The minimum Gasteiger partial charge on any atom is -0.481 e. The van der Waals surface area contributed by atoms with Crippen LogP contribution in [0.5, 0.6) is 0 Å². The van der Waals surface area contributed by atoms with E-state index in [9.17, 15) is 38.7 Å². The average Bonchev–Trinajstić information content (AvgIpc) is 3.68. The van der Waals surface area contributed by atoms with Crippen LogP contribution < -0.4 is 0 Å². The van der Waals surface area contributed by atoms with E-state index in [1.807, 2.05) is 85.0 Å². The van der Waals surface area contributed by atoms with Gasteiger partial charge in [-0.2, -0.15) is 0 Å². The number of likely N-dealkylation sites (tertiary alicyclic amines) is 1. The highest BCUT2D eigenvalue weighted by molar-refractivity contribution is 6.69. The first-order valence-corrected chi connectivity index (χ1v) is 25.6. The van der Waals surface area contributed by atoms with Crippen LogP contribution in [0.3, 0.4) is 0 Å². The number of carbonyl (C=O) groups is 6. The molecule has 61 heavy (non-hydrogen) atoms. The smallest absolute Gasteiger partial charge is 0.307 e. The third-order valence-electron chi connectivity index (χ3n) is 13.0. The molecule has 0 aromatic heterocycles. The zero-order valence-electron chi connectivity index (χ0n) is 39.5. The number of hydrogen-bond donors (Lipinski definition) is 2. The van der Waals surface area contributed by atoms with E-state index in [0.717, 1.165) is 5.56 Å². The van der Waals surface area contributed by atoms with E-state index < -0.39 is 62.4 Å². The predicted octanol–water partition coefficient (Wildman–Crippen LogP) is 6.50. The lowest BCUT2D eigenvalue weighted by Gasteiger charge is -2.41. The fourth-order valence-corrected chi connectivity index (χ4v) is 10.2. The van der Waals surface area contributed by atoms with Crippen LogP contribution in [0.15, 0.2) is 30.3 Å². The van der Waals surface area contributed by atoms with E-state index in [2.05, 4.69) is 0 Å². The number of benzene rings is 1. The van der Waals surface area contributed by atoms with Crippen molar-refractivity contribution in [2.75, 3.05) is 34.9 Å². The second-order valence-electron chi connectivity index (χ2n) is 18.9. The number of methoxy groups -OCH3 is 2. The number of carboxylic acids is 1. The predicted molar refractivity (Wildman–Crippen MR) is 240 cm³/mol. The molecule has 1 aliphatic rings. The number of ketones is 2. The monoisotopic (exact) mass is 874 g/mol. The van der Waals surface area contributed by atoms with Gasteiger partial charge in [0, 0.05) is 66.0 Å². The molecule has 0 aliphatic carbocycles. The van der Waals surface area contributed by atoms with Gasteiger partial charge in [0.1, 0.15) is 5.78 Å². The lowest BCUT2D eigenvalue weighted by Crippen LogP contribution is -2.54.